The summed E-state index contributed by atoms with van der Waals surface area (Å²) in [6.45, 7) is 0.354. The van der Waals surface area contributed by atoms with Gasteiger partial charge in [0.2, 0.25) is 0 Å². The summed E-state index contributed by atoms with van der Waals surface area (Å²) < 4.78 is 1.63. The van der Waals surface area contributed by atoms with Gasteiger partial charge in [-0.3, -0.25) is 4.68 Å². The largest absolute Gasteiger partial charge is 0.334 e. The van der Waals surface area contributed by atoms with E-state index < -0.39 is 0 Å². The normalized spacial score (nSPS) is 10.4. The Morgan fingerprint density at radius 3 is 2.79 bits per heavy atom. The second-order valence-corrected chi connectivity index (χ2v) is 5.63. The molecule has 3 rings (SSSR count). The van der Waals surface area contributed by atoms with E-state index in [0.29, 0.717) is 23.1 Å². The maximum absolute atomic E-state index is 12.0. The highest BCUT2D eigenvalue weighted by Gasteiger charge is 2.07. The Balaban J connectivity index is 1.63. The molecule has 122 valence electrons. The van der Waals surface area contributed by atoms with E-state index in [4.69, 9.17) is 11.6 Å². The van der Waals surface area contributed by atoms with Crippen LogP contribution >= 0.6 is 11.6 Å². The second-order valence-electron chi connectivity index (χ2n) is 5.22. The fourth-order valence-electron chi connectivity index (χ4n) is 2.20. The molecule has 2 N–H and O–H groups in total. The molecule has 3 aromatic rings. The summed E-state index contributed by atoms with van der Waals surface area (Å²) in [4.78, 5) is 16.2. The fraction of sp³-hybridized carbons (Fsp3) is 0.118. The van der Waals surface area contributed by atoms with Gasteiger partial charge in [-0.25, -0.2) is 9.78 Å². The lowest BCUT2D eigenvalue weighted by atomic mass is 10.2. The molecule has 0 saturated heterocycles. The number of benzene rings is 2. The van der Waals surface area contributed by atoms with Crippen LogP contribution in [0.15, 0.2) is 54.9 Å². The molecule has 0 fully saturated rings. The number of halogens is 1. The van der Waals surface area contributed by atoms with Crippen LogP contribution in [0.4, 0.5) is 10.5 Å². The minimum absolute atomic E-state index is 0.305. The Bertz CT molecular complexity index is 861. The van der Waals surface area contributed by atoms with E-state index in [0.717, 1.165) is 11.1 Å². The summed E-state index contributed by atoms with van der Waals surface area (Å²) in [6, 6.07) is 14.5. The molecule has 6 nitrogen and oxygen atoms in total. The molecule has 1 heterocycles. The Morgan fingerprint density at radius 2 is 2.04 bits per heavy atom. The highest BCUT2D eigenvalue weighted by atomic mass is 35.5. The monoisotopic (exact) mass is 341 g/mol. The summed E-state index contributed by atoms with van der Waals surface area (Å²) in [7, 11) is 1.81. The third-order valence-corrected chi connectivity index (χ3v) is 3.74. The first-order chi connectivity index (χ1) is 11.6. The molecule has 0 aliphatic heterocycles. The summed E-state index contributed by atoms with van der Waals surface area (Å²) in [6.07, 6.45) is 1.63. The molecule has 0 saturated carbocycles. The van der Waals surface area contributed by atoms with Gasteiger partial charge in [-0.1, -0.05) is 41.9 Å². The van der Waals surface area contributed by atoms with E-state index >= 15 is 0 Å². The first-order valence-electron chi connectivity index (χ1n) is 7.36. The highest BCUT2D eigenvalue weighted by molar-refractivity contribution is 6.31. The molecule has 2 amide bonds. The van der Waals surface area contributed by atoms with Crippen LogP contribution in [-0.4, -0.2) is 20.8 Å². The third kappa shape index (κ3) is 3.91. The van der Waals surface area contributed by atoms with E-state index in [1.54, 1.807) is 24.1 Å². The molecule has 0 spiro atoms. The quantitative estimate of drug-likeness (QED) is 0.763. The maximum atomic E-state index is 12.0. The molecule has 0 aliphatic rings. The van der Waals surface area contributed by atoms with Gasteiger partial charge < -0.3 is 10.6 Å². The van der Waals surface area contributed by atoms with E-state index in [1.807, 2.05) is 42.5 Å². The van der Waals surface area contributed by atoms with Gasteiger partial charge in [0.15, 0.2) is 5.82 Å². The zero-order chi connectivity index (χ0) is 16.9. The number of nitrogens with one attached hydrogen (secondary N) is 2. The van der Waals surface area contributed by atoms with Gasteiger partial charge >= 0.3 is 6.03 Å². The van der Waals surface area contributed by atoms with Crippen molar-refractivity contribution in [3.63, 3.8) is 0 Å². The Hall–Kier alpha value is -2.86. The van der Waals surface area contributed by atoms with Crippen LogP contribution in [0.2, 0.25) is 5.02 Å². The predicted octanol–water partition coefficient (Wildman–Crippen LogP) is 3.46. The number of hydrogen-bond acceptors (Lipinski definition) is 3. The number of rotatable bonds is 4. The predicted molar refractivity (Wildman–Crippen MR) is 93.7 cm³/mol. The topological polar surface area (TPSA) is 71.8 Å². The number of urea groups is 1. The number of nitrogens with zero attached hydrogens (tertiary/aromatic N) is 3. The molecule has 0 radical (unpaired) electrons. The van der Waals surface area contributed by atoms with Crippen molar-refractivity contribution in [2.75, 3.05) is 5.32 Å². The Labute approximate surface area is 144 Å². The smallest absolute Gasteiger partial charge is 0.319 e. The highest BCUT2D eigenvalue weighted by Crippen LogP contribution is 2.19. The minimum Gasteiger partial charge on any atom is -0.334 e. The van der Waals surface area contributed by atoms with Crippen molar-refractivity contribution < 1.29 is 4.79 Å². The number of aromatic nitrogens is 3. The number of amides is 2. The van der Waals surface area contributed by atoms with Crippen molar-refractivity contribution >= 4 is 23.3 Å². The fourth-order valence-corrected chi connectivity index (χ4v) is 2.40. The van der Waals surface area contributed by atoms with Crippen molar-refractivity contribution in [1.82, 2.24) is 20.1 Å². The average Bonchev–Trinajstić information content (AvgIpc) is 3.01. The van der Waals surface area contributed by atoms with Gasteiger partial charge in [-0.05, 0) is 23.8 Å². The van der Waals surface area contributed by atoms with Gasteiger partial charge in [0.1, 0.15) is 6.33 Å². The number of hydrogen-bond donors (Lipinski definition) is 2. The van der Waals surface area contributed by atoms with Crippen LogP contribution in [0.25, 0.3) is 11.4 Å². The van der Waals surface area contributed by atoms with Crippen molar-refractivity contribution in [2.45, 2.75) is 6.54 Å². The summed E-state index contributed by atoms with van der Waals surface area (Å²) in [5.41, 5.74) is 2.36. The Morgan fingerprint density at radius 1 is 1.21 bits per heavy atom. The van der Waals surface area contributed by atoms with Gasteiger partial charge in [-0.15, -0.1) is 0 Å². The molecular formula is C17H16ClN5O. The van der Waals surface area contributed by atoms with Gasteiger partial charge in [0.05, 0.1) is 0 Å². The molecule has 0 unspecified atom stereocenters. The van der Waals surface area contributed by atoms with Gasteiger partial charge in [-0.2, -0.15) is 5.10 Å². The van der Waals surface area contributed by atoms with Crippen molar-refractivity contribution in [3.8, 4) is 11.4 Å². The van der Waals surface area contributed by atoms with Crippen LogP contribution < -0.4 is 10.6 Å². The Kier molecular flexibility index (Phi) is 4.77. The molecule has 0 atom stereocenters. The number of aryl methyl sites for hydroxylation is 1. The van der Waals surface area contributed by atoms with Crippen molar-refractivity contribution in [1.29, 1.82) is 0 Å². The van der Waals surface area contributed by atoms with Crippen LogP contribution in [0.5, 0.6) is 0 Å². The molecule has 0 bridgehead atoms. The zero-order valence-corrected chi connectivity index (χ0v) is 13.8. The summed E-state index contributed by atoms with van der Waals surface area (Å²) in [5, 5.41) is 10.5. The number of carbonyl (C=O) groups excluding carboxylic acids is 1. The van der Waals surface area contributed by atoms with Crippen molar-refractivity contribution in [2.24, 2.45) is 7.05 Å². The van der Waals surface area contributed by atoms with Crippen molar-refractivity contribution in [3.05, 3.63) is 65.4 Å². The van der Waals surface area contributed by atoms with Crippen LogP contribution in [0.3, 0.4) is 0 Å². The van der Waals surface area contributed by atoms with Gasteiger partial charge in [0.25, 0.3) is 0 Å². The SMILES string of the molecule is Cn1cnc(-c2cccc(NC(=O)NCc3ccccc3Cl)c2)n1. The van der Waals surface area contributed by atoms with Crippen LogP contribution in [0, 0.1) is 0 Å². The second kappa shape index (κ2) is 7.14. The third-order valence-electron chi connectivity index (χ3n) is 3.38. The number of anilines is 1. The van der Waals surface area contributed by atoms with Gasteiger partial charge in [0, 0.05) is 29.9 Å². The molecule has 0 aliphatic carbocycles. The van der Waals surface area contributed by atoms with Crippen LogP contribution in [-0.2, 0) is 13.6 Å². The minimum atomic E-state index is -0.305. The number of carbonyl (C=O) groups is 1. The van der Waals surface area contributed by atoms with Crippen LogP contribution in [0.1, 0.15) is 5.56 Å². The lowest BCUT2D eigenvalue weighted by Crippen LogP contribution is -2.28. The molecule has 1 aromatic heterocycles. The zero-order valence-electron chi connectivity index (χ0n) is 13.0. The lowest BCUT2D eigenvalue weighted by Gasteiger charge is -2.09. The summed E-state index contributed by atoms with van der Waals surface area (Å²) in [5.74, 6) is 0.609. The lowest BCUT2D eigenvalue weighted by molar-refractivity contribution is 0.252. The molecular weight excluding hydrogens is 326 g/mol. The maximum Gasteiger partial charge on any atom is 0.319 e. The first-order valence-corrected chi connectivity index (χ1v) is 7.74. The van der Waals surface area contributed by atoms with E-state index in [-0.39, 0.29) is 6.03 Å². The molecule has 24 heavy (non-hydrogen) atoms. The van der Waals surface area contributed by atoms with E-state index in [1.165, 1.54) is 0 Å². The standard InChI is InChI=1S/C17H16ClN5O/c1-23-11-20-16(22-23)12-6-4-7-14(9-12)21-17(24)19-10-13-5-2-3-8-15(13)18/h2-9,11H,10H2,1H3,(H2,19,21,24). The van der Waals surface area contributed by atoms with E-state index in [2.05, 4.69) is 20.7 Å². The summed E-state index contributed by atoms with van der Waals surface area (Å²) >= 11 is 6.07. The first kappa shape index (κ1) is 16.0. The average molecular weight is 342 g/mol. The molecule has 2 aromatic carbocycles. The van der Waals surface area contributed by atoms with E-state index in [9.17, 15) is 4.79 Å². The molecule has 7 heteroatoms.